The third kappa shape index (κ3) is 2.49. The van der Waals surface area contributed by atoms with E-state index < -0.39 is 5.97 Å². The van der Waals surface area contributed by atoms with Crippen LogP contribution in [0.5, 0.6) is 0 Å². The molecule has 2 aromatic rings. The first-order valence-electron chi connectivity index (χ1n) is 6.12. The number of rotatable bonds is 4. The van der Waals surface area contributed by atoms with Crippen molar-refractivity contribution in [1.82, 2.24) is 9.55 Å². The number of nitrogens with zero attached hydrogens (tertiary/aromatic N) is 2. The van der Waals surface area contributed by atoms with Crippen LogP contribution in [0.25, 0.3) is 0 Å². The molecule has 1 fully saturated rings. The van der Waals surface area contributed by atoms with Crippen LogP contribution in [0.3, 0.4) is 0 Å². The second-order valence-electron chi connectivity index (χ2n) is 4.88. The van der Waals surface area contributed by atoms with E-state index in [1.807, 2.05) is 29.0 Å². The second-order valence-corrected chi connectivity index (χ2v) is 5.29. The summed E-state index contributed by atoms with van der Waals surface area (Å²) in [5.74, 6) is -0.923. The average molecular weight is 277 g/mol. The molecule has 1 saturated carbocycles. The van der Waals surface area contributed by atoms with Crippen LogP contribution in [-0.2, 0) is 11.3 Å². The highest BCUT2D eigenvalue weighted by molar-refractivity contribution is 6.31. The maximum Gasteiger partial charge on any atom is 0.307 e. The number of carbonyl (C=O) groups is 1. The Hall–Kier alpha value is -1.81. The quantitative estimate of drug-likeness (QED) is 0.934. The molecule has 0 spiro atoms. The van der Waals surface area contributed by atoms with E-state index in [9.17, 15) is 4.79 Å². The molecule has 98 valence electrons. The molecule has 4 nitrogen and oxygen atoms in total. The zero-order valence-corrected chi connectivity index (χ0v) is 10.9. The molecule has 3 rings (SSSR count). The molecule has 0 saturated heterocycles. The van der Waals surface area contributed by atoms with Gasteiger partial charge in [0.1, 0.15) is 0 Å². The van der Waals surface area contributed by atoms with Crippen molar-refractivity contribution in [3.63, 3.8) is 0 Å². The number of imidazole rings is 1. The summed E-state index contributed by atoms with van der Waals surface area (Å²) in [4.78, 5) is 14.9. The van der Waals surface area contributed by atoms with Crippen molar-refractivity contribution in [2.24, 2.45) is 5.92 Å². The Kier molecular flexibility index (Phi) is 3.03. The summed E-state index contributed by atoms with van der Waals surface area (Å²) in [6.45, 7) is 0.715. The van der Waals surface area contributed by atoms with Gasteiger partial charge in [-0.15, -0.1) is 0 Å². The largest absolute Gasteiger partial charge is 0.481 e. The molecule has 19 heavy (non-hydrogen) atoms. The summed E-state index contributed by atoms with van der Waals surface area (Å²) in [5.41, 5.74) is 2.03. The Morgan fingerprint density at radius 2 is 2.37 bits per heavy atom. The monoisotopic (exact) mass is 276 g/mol. The zero-order chi connectivity index (χ0) is 13.4. The van der Waals surface area contributed by atoms with Gasteiger partial charge in [0.2, 0.25) is 0 Å². The van der Waals surface area contributed by atoms with Crippen LogP contribution < -0.4 is 0 Å². The summed E-state index contributed by atoms with van der Waals surface area (Å²) < 4.78 is 1.96. The van der Waals surface area contributed by atoms with Crippen molar-refractivity contribution < 1.29 is 9.90 Å². The summed E-state index contributed by atoms with van der Waals surface area (Å²) in [7, 11) is 0. The standard InChI is InChI=1S/C14H13ClN2O2/c15-13-5-9(7-17-4-3-16-8-17)1-2-10(13)11-6-12(11)14(18)19/h1-5,8,11-12H,6-7H2,(H,18,19)/t11-,12+/m0/s1. The predicted molar refractivity (Wildman–Crippen MR) is 71.3 cm³/mol. The molecular weight excluding hydrogens is 264 g/mol. The Morgan fingerprint density at radius 3 is 2.95 bits per heavy atom. The number of hydrogen-bond donors (Lipinski definition) is 1. The van der Waals surface area contributed by atoms with Crippen molar-refractivity contribution in [2.45, 2.75) is 18.9 Å². The molecule has 1 heterocycles. The molecular formula is C14H13ClN2O2. The van der Waals surface area contributed by atoms with Crippen molar-refractivity contribution >= 4 is 17.6 Å². The van der Waals surface area contributed by atoms with Crippen molar-refractivity contribution in [3.05, 3.63) is 53.1 Å². The highest BCUT2D eigenvalue weighted by Crippen LogP contribution is 2.49. The van der Waals surface area contributed by atoms with Crippen molar-refractivity contribution in [3.8, 4) is 0 Å². The Bertz CT molecular complexity index is 610. The normalized spacial score (nSPS) is 21.3. The fourth-order valence-corrected chi connectivity index (χ4v) is 2.72. The lowest BCUT2D eigenvalue weighted by molar-refractivity contribution is -0.138. The molecule has 5 heteroatoms. The number of carboxylic acids is 1. The van der Waals surface area contributed by atoms with Gasteiger partial charge in [0, 0.05) is 24.0 Å². The highest BCUT2D eigenvalue weighted by Gasteiger charge is 2.45. The average Bonchev–Trinajstić information content (AvgIpc) is 3.00. The fraction of sp³-hybridized carbons (Fsp3) is 0.286. The van der Waals surface area contributed by atoms with Gasteiger partial charge in [0.05, 0.1) is 12.2 Å². The van der Waals surface area contributed by atoms with Gasteiger partial charge in [-0.05, 0) is 29.5 Å². The molecule has 2 atom stereocenters. The Morgan fingerprint density at radius 1 is 1.53 bits per heavy atom. The lowest BCUT2D eigenvalue weighted by atomic mass is 10.1. The van der Waals surface area contributed by atoms with Crippen LogP contribution in [0.1, 0.15) is 23.5 Å². The predicted octanol–water partition coefficient (Wildman–Crippen LogP) is 2.77. The molecule has 0 bridgehead atoms. The SMILES string of the molecule is O=C(O)[C@@H]1C[C@H]1c1ccc(Cn2ccnc2)cc1Cl. The van der Waals surface area contributed by atoms with E-state index in [2.05, 4.69) is 4.98 Å². The van der Waals surface area contributed by atoms with Crippen LogP contribution in [0.2, 0.25) is 5.02 Å². The Labute approximate surface area is 115 Å². The van der Waals surface area contributed by atoms with Gasteiger partial charge in [-0.2, -0.15) is 0 Å². The number of halogens is 1. The van der Waals surface area contributed by atoms with E-state index in [0.29, 0.717) is 18.0 Å². The highest BCUT2D eigenvalue weighted by atomic mass is 35.5. The van der Waals surface area contributed by atoms with Crippen LogP contribution in [0.15, 0.2) is 36.9 Å². The molecule has 1 aromatic carbocycles. The molecule has 1 aromatic heterocycles. The molecule has 1 aliphatic carbocycles. The lowest BCUT2D eigenvalue weighted by Gasteiger charge is -2.07. The van der Waals surface area contributed by atoms with E-state index >= 15 is 0 Å². The van der Waals surface area contributed by atoms with Gasteiger partial charge in [-0.25, -0.2) is 4.98 Å². The molecule has 0 unspecified atom stereocenters. The molecule has 1 N–H and O–H groups in total. The van der Waals surface area contributed by atoms with E-state index in [-0.39, 0.29) is 11.8 Å². The molecule has 0 radical (unpaired) electrons. The lowest BCUT2D eigenvalue weighted by Crippen LogP contribution is -2.00. The van der Waals surface area contributed by atoms with E-state index in [1.165, 1.54) is 0 Å². The third-order valence-corrected chi connectivity index (χ3v) is 3.82. The maximum absolute atomic E-state index is 10.9. The number of hydrogen-bond acceptors (Lipinski definition) is 2. The van der Waals surface area contributed by atoms with Gasteiger partial charge in [0.25, 0.3) is 0 Å². The Balaban J connectivity index is 1.77. The van der Waals surface area contributed by atoms with E-state index in [0.717, 1.165) is 11.1 Å². The van der Waals surface area contributed by atoms with Crippen LogP contribution in [0.4, 0.5) is 0 Å². The fourth-order valence-electron chi connectivity index (χ4n) is 2.37. The molecule has 0 aliphatic heterocycles. The maximum atomic E-state index is 10.9. The minimum Gasteiger partial charge on any atom is -0.481 e. The summed E-state index contributed by atoms with van der Waals surface area (Å²) in [6, 6.07) is 5.86. The second kappa shape index (κ2) is 4.70. The van der Waals surface area contributed by atoms with Crippen LogP contribution >= 0.6 is 11.6 Å². The van der Waals surface area contributed by atoms with E-state index in [1.54, 1.807) is 12.5 Å². The topological polar surface area (TPSA) is 55.1 Å². The molecule has 1 aliphatic rings. The first-order valence-corrected chi connectivity index (χ1v) is 6.50. The van der Waals surface area contributed by atoms with Gasteiger partial charge in [-0.3, -0.25) is 4.79 Å². The van der Waals surface area contributed by atoms with E-state index in [4.69, 9.17) is 16.7 Å². The zero-order valence-electron chi connectivity index (χ0n) is 10.2. The summed E-state index contributed by atoms with van der Waals surface area (Å²) >= 11 is 6.26. The smallest absolute Gasteiger partial charge is 0.307 e. The number of carboxylic acid groups (broad SMARTS) is 1. The third-order valence-electron chi connectivity index (χ3n) is 3.50. The van der Waals surface area contributed by atoms with Gasteiger partial charge in [-0.1, -0.05) is 23.7 Å². The minimum absolute atomic E-state index is 0.0762. The first kappa shape index (κ1) is 12.2. The number of aromatic nitrogens is 2. The molecule has 0 amide bonds. The van der Waals surface area contributed by atoms with Crippen LogP contribution in [-0.4, -0.2) is 20.6 Å². The van der Waals surface area contributed by atoms with Gasteiger partial charge >= 0.3 is 5.97 Å². The number of aliphatic carboxylic acids is 1. The minimum atomic E-state index is -0.733. The van der Waals surface area contributed by atoms with Crippen molar-refractivity contribution in [2.75, 3.05) is 0 Å². The van der Waals surface area contributed by atoms with Gasteiger partial charge in [0.15, 0.2) is 0 Å². The van der Waals surface area contributed by atoms with Crippen molar-refractivity contribution in [1.29, 1.82) is 0 Å². The summed E-state index contributed by atoms with van der Waals surface area (Å²) in [5, 5.41) is 9.61. The van der Waals surface area contributed by atoms with Gasteiger partial charge < -0.3 is 9.67 Å². The summed E-state index contributed by atoms with van der Waals surface area (Å²) in [6.07, 6.45) is 6.07. The first-order chi connectivity index (χ1) is 9.15. The number of benzene rings is 1. The van der Waals surface area contributed by atoms with Crippen LogP contribution in [0, 0.1) is 5.92 Å².